The van der Waals surface area contributed by atoms with E-state index in [1.54, 1.807) is 32.0 Å². The summed E-state index contributed by atoms with van der Waals surface area (Å²) in [4.78, 5) is 15.6. The molecule has 1 amide bonds. The van der Waals surface area contributed by atoms with Gasteiger partial charge in [0, 0.05) is 28.0 Å². The molecule has 3 N–H and O–H groups in total. The number of carbonyl (C=O) groups excluding carboxylic acids is 1. The molecule has 8 heteroatoms. The minimum absolute atomic E-state index is 0.127. The number of hydrogen-bond acceptors (Lipinski definition) is 3. The predicted octanol–water partition coefficient (Wildman–Crippen LogP) is 3.69. The lowest BCUT2D eigenvalue weighted by Gasteiger charge is -2.13. The van der Waals surface area contributed by atoms with Gasteiger partial charge in [-0.1, -0.05) is 46.3 Å². The number of carbonyl (C=O) groups is 1. The third-order valence-electron chi connectivity index (χ3n) is 4.15. The Balaban J connectivity index is 1.72. The number of rotatable bonds is 7. The highest BCUT2D eigenvalue weighted by atomic mass is 79.9. The van der Waals surface area contributed by atoms with E-state index in [-0.39, 0.29) is 24.2 Å². The molecule has 0 aliphatic heterocycles. The summed E-state index contributed by atoms with van der Waals surface area (Å²) >= 11 is 3.41. The number of sulfonamides is 1. The molecule has 1 aromatic heterocycles. The van der Waals surface area contributed by atoms with Crippen LogP contribution in [0.15, 0.2) is 53.0 Å². The fraction of sp³-hybridized carbons (Fsp3) is 0.250. The standard InChI is InChI=1S/C20H22BrN3O3S/c1-13(2)24-28(26,27)12-16-6-4-3-5-15(16)11-22-20(25)19-9-14-7-8-17(21)10-18(14)23-19/h3-10,13,23-24H,11-12H2,1-2H3,(H,22,25). The van der Waals surface area contributed by atoms with Crippen LogP contribution in [0.4, 0.5) is 0 Å². The lowest BCUT2D eigenvalue weighted by Crippen LogP contribution is -2.32. The van der Waals surface area contributed by atoms with Crippen LogP contribution in [0.3, 0.4) is 0 Å². The van der Waals surface area contributed by atoms with Crippen molar-refractivity contribution in [3.63, 3.8) is 0 Å². The van der Waals surface area contributed by atoms with Crippen LogP contribution in [-0.2, 0) is 22.3 Å². The first-order chi connectivity index (χ1) is 13.2. The Bertz CT molecular complexity index is 1110. The Morgan fingerprint density at radius 3 is 2.54 bits per heavy atom. The van der Waals surface area contributed by atoms with Crippen LogP contribution < -0.4 is 10.0 Å². The van der Waals surface area contributed by atoms with Crippen LogP contribution in [-0.4, -0.2) is 25.4 Å². The number of halogens is 1. The van der Waals surface area contributed by atoms with Gasteiger partial charge in [0.05, 0.1) is 5.75 Å². The van der Waals surface area contributed by atoms with Gasteiger partial charge in [-0.25, -0.2) is 13.1 Å². The Labute approximate surface area is 172 Å². The summed E-state index contributed by atoms with van der Waals surface area (Å²) in [6.45, 7) is 3.80. The van der Waals surface area contributed by atoms with E-state index in [1.807, 2.05) is 30.3 Å². The Kier molecular flexibility index (Phi) is 6.22. The van der Waals surface area contributed by atoms with Crippen molar-refractivity contribution in [3.05, 3.63) is 69.8 Å². The molecule has 0 spiro atoms. The van der Waals surface area contributed by atoms with Gasteiger partial charge in [0.1, 0.15) is 5.69 Å². The summed E-state index contributed by atoms with van der Waals surface area (Å²) in [5, 5.41) is 3.80. The van der Waals surface area contributed by atoms with E-state index in [0.717, 1.165) is 20.9 Å². The molecule has 0 fully saturated rings. The van der Waals surface area contributed by atoms with E-state index >= 15 is 0 Å². The number of H-pyrrole nitrogens is 1. The molecule has 1 heterocycles. The highest BCUT2D eigenvalue weighted by Crippen LogP contribution is 2.20. The van der Waals surface area contributed by atoms with Gasteiger partial charge in [-0.15, -0.1) is 0 Å². The maximum atomic E-state index is 12.5. The maximum Gasteiger partial charge on any atom is 0.267 e. The molecule has 0 bridgehead atoms. The minimum atomic E-state index is -3.44. The molecule has 148 valence electrons. The van der Waals surface area contributed by atoms with Gasteiger partial charge in [0.2, 0.25) is 10.0 Å². The van der Waals surface area contributed by atoms with Crippen molar-refractivity contribution in [3.8, 4) is 0 Å². The molecular weight excluding hydrogens is 442 g/mol. The third kappa shape index (κ3) is 5.21. The molecule has 0 radical (unpaired) electrons. The summed E-state index contributed by atoms with van der Waals surface area (Å²) in [5.74, 6) is -0.372. The van der Waals surface area contributed by atoms with Crippen molar-refractivity contribution in [1.82, 2.24) is 15.0 Å². The monoisotopic (exact) mass is 463 g/mol. The summed E-state index contributed by atoms with van der Waals surface area (Å²) in [6.07, 6.45) is 0. The van der Waals surface area contributed by atoms with Crippen LogP contribution in [0.1, 0.15) is 35.5 Å². The first kappa shape index (κ1) is 20.6. The van der Waals surface area contributed by atoms with Crippen LogP contribution in [0, 0.1) is 0 Å². The van der Waals surface area contributed by atoms with Crippen molar-refractivity contribution in [2.45, 2.75) is 32.2 Å². The van der Waals surface area contributed by atoms with Crippen molar-refractivity contribution in [1.29, 1.82) is 0 Å². The third-order valence-corrected chi connectivity index (χ3v) is 6.16. The lowest BCUT2D eigenvalue weighted by atomic mass is 10.1. The van der Waals surface area contributed by atoms with Gasteiger partial charge in [0.25, 0.3) is 5.91 Å². The molecule has 0 aliphatic rings. The summed E-state index contributed by atoms with van der Waals surface area (Å²) < 4.78 is 28.0. The number of benzene rings is 2. The van der Waals surface area contributed by atoms with Crippen molar-refractivity contribution in [2.24, 2.45) is 0 Å². The molecule has 2 aromatic carbocycles. The van der Waals surface area contributed by atoms with Crippen molar-refractivity contribution < 1.29 is 13.2 Å². The van der Waals surface area contributed by atoms with E-state index in [1.165, 1.54) is 0 Å². The fourth-order valence-corrected chi connectivity index (χ4v) is 4.82. The number of aromatic nitrogens is 1. The van der Waals surface area contributed by atoms with E-state index in [2.05, 4.69) is 31.0 Å². The lowest BCUT2D eigenvalue weighted by molar-refractivity contribution is 0.0946. The molecule has 0 saturated carbocycles. The van der Waals surface area contributed by atoms with Gasteiger partial charge in [-0.05, 0) is 43.2 Å². The molecule has 0 aliphatic carbocycles. The quantitative estimate of drug-likeness (QED) is 0.498. The predicted molar refractivity (Wildman–Crippen MR) is 115 cm³/mol. The Hall–Kier alpha value is -2.16. The maximum absolute atomic E-state index is 12.5. The number of aromatic amines is 1. The molecule has 28 heavy (non-hydrogen) atoms. The molecule has 0 atom stereocenters. The second kappa shape index (κ2) is 8.46. The number of hydrogen-bond donors (Lipinski definition) is 3. The van der Waals surface area contributed by atoms with E-state index in [4.69, 9.17) is 0 Å². The van der Waals surface area contributed by atoms with Crippen LogP contribution in [0.5, 0.6) is 0 Å². The van der Waals surface area contributed by atoms with Crippen molar-refractivity contribution in [2.75, 3.05) is 0 Å². The van der Waals surface area contributed by atoms with E-state index in [9.17, 15) is 13.2 Å². The van der Waals surface area contributed by atoms with Gasteiger partial charge in [-0.2, -0.15) is 0 Å². The average molecular weight is 464 g/mol. The number of fused-ring (bicyclic) bond motifs is 1. The average Bonchev–Trinajstić information content (AvgIpc) is 3.02. The highest BCUT2D eigenvalue weighted by Gasteiger charge is 2.16. The smallest absolute Gasteiger partial charge is 0.267 e. The minimum Gasteiger partial charge on any atom is -0.350 e. The van der Waals surface area contributed by atoms with Crippen molar-refractivity contribution >= 4 is 42.8 Å². The second-order valence-electron chi connectivity index (χ2n) is 6.90. The molecule has 0 unspecified atom stereocenters. The van der Waals surface area contributed by atoms with Gasteiger partial charge in [0.15, 0.2) is 0 Å². The first-order valence-electron chi connectivity index (χ1n) is 8.87. The Morgan fingerprint density at radius 1 is 1.11 bits per heavy atom. The molecule has 0 saturated heterocycles. The number of nitrogens with one attached hydrogen (secondary N) is 3. The summed E-state index contributed by atoms with van der Waals surface area (Å²) in [5.41, 5.74) is 2.76. The highest BCUT2D eigenvalue weighted by molar-refractivity contribution is 9.10. The fourth-order valence-electron chi connectivity index (χ4n) is 2.97. The summed E-state index contributed by atoms with van der Waals surface area (Å²) in [6, 6.07) is 14.6. The normalized spacial score (nSPS) is 11.9. The summed E-state index contributed by atoms with van der Waals surface area (Å²) in [7, 11) is -3.44. The van der Waals surface area contributed by atoms with Gasteiger partial charge in [-0.3, -0.25) is 4.79 Å². The zero-order valence-corrected chi connectivity index (χ0v) is 18.0. The van der Waals surface area contributed by atoms with E-state index < -0.39 is 10.0 Å². The van der Waals surface area contributed by atoms with Crippen LogP contribution in [0.2, 0.25) is 0 Å². The largest absolute Gasteiger partial charge is 0.350 e. The second-order valence-corrected chi connectivity index (χ2v) is 9.57. The van der Waals surface area contributed by atoms with E-state index in [0.29, 0.717) is 11.3 Å². The molecule has 6 nitrogen and oxygen atoms in total. The zero-order valence-electron chi connectivity index (χ0n) is 15.6. The zero-order chi connectivity index (χ0) is 20.3. The topological polar surface area (TPSA) is 91.1 Å². The SMILES string of the molecule is CC(C)NS(=O)(=O)Cc1ccccc1CNC(=O)c1cc2ccc(Br)cc2[nH]1. The van der Waals surface area contributed by atoms with Gasteiger partial charge < -0.3 is 10.3 Å². The van der Waals surface area contributed by atoms with Crippen LogP contribution in [0.25, 0.3) is 10.9 Å². The first-order valence-corrected chi connectivity index (χ1v) is 11.3. The molecule has 3 aromatic rings. The molecule has 3 rings (SSSR count). The molecular formula is C20H22BrN3O3S. The van der Waals surface area contributed by atoms with Gasteiger partial charge >= 0.3 is 0 Å². The number of amides is 1. The van der Waals surface area contributed by atoms with Crippen LogP contribution >= 0.6 is 15.9 Å². The Morgan fingerprint density at radius 2 is 1.82 bits per heavy atom.